The molecule has 116 valence electrons. The van der Waals surface area contributed by atoms with Crippen LogP contribution in [0.25, 0.3) is 0 Å². The number of carbonyl (C=O) groups is 2. The Kier molecular flexibility index (Phi) is 4.82. The Labute approximate surface area is 123 Å². The van der Waals surface area contributed by atoms with Crippen LogP contribution in [-0.2, 0) is 18.4 Å². The van der Waals surface area contributed by atoms with Gasteiger partial charge in [-0.1, -0.05) is 6.42 Å². The van der Waals surface area contributed by atoms with Gasteiger partial charge in [0.15, 0.2) is 0 Å². The zero-order valence-electron chi connectivity index (χ0n) is 12.4. The molecule has 0 aliphatic heterocycles. The second-order valence-corrected chi connectivity index (χ2v) is 5.64. The third kappa shape index (κ3) is 4.21. The highest BCUT2D eigenvalue weighted by atomic mass is 16.4. The molecule has 1 aliphatic carbocycles. The minimum atomic E-state index is -0.770. The van der Waals surface area contributed by atoms with Gasteiger partial charge in [0.2, 0.25) is 0 Å². The molecule has 1 fully saturated rings. The van der Waals surface area contributed by atoms with Gasteiger partial charge in [-0.05, 0) is 26.2 Å². The molecule has 1 aromatic rings. The van der Waals surface area contributed by atoms with E-state index in [2.05, 4.69) is 15.7 Å². The Morgan fingerprint density at radius 1 is 1.48 bits per heavy atom. The predicted molar refractivity (Wildman–Crippen MR) is 76.7 cm³/mol. The number of urea groups is 1. The first-order chi connectivity index (χ1) is 9.95. The monoisotopic (exact) mass is 294 g/mol. The molecule has 2 amide bonds. The molecule has 0 radical (unpaired) electrons. The topological polar surface area (TPSA) is 96.3 Å². The van der Waals surface area contributed by atoms with Crippen LogP contribution in [0, 0.1) is 12.8 Å². The number of amides is 2. The molecule has 1 heterocycles. The Bertz CT molecular complexity index is 526. The van der Waals surface area contributed by atoms with Crippen molar-refractivity contribution in [1.82, 2.24) is 20.4 Å². The fraction of sp³-hybridized carbons (Fsp3) is 0.643. The van der Waals surface area contributed by atoms with Crippen LogP contribution in [0.15, 0.2) is 6.20 Å². The molecule has 21 heavy (non-hydrogen) atoms. The third-order valence-electron chi connectivity index (χ3n) is 3.91. The van der Waals surface area contributed by atoms with E-state index in [9.17, 15) is 9.59 Å². The molecule has 1 aliphatic rings. The number of aryl methyl sites for hydroxylation is 2. The number of nitrogens with one attached hydrogen (secondary N) is 2. The number of carboxylic acids is 1. The van der Waals surface area contributed by atoms with E-state index in [1.165, 1.54) is 0 Å². The number of rotatable bonds is 4. The van der Waals surface area contributed by atoms with Crippen molar-refractivity contribution in [2.75, 3.05) is 0 Å². The van der Waals surface area contributed by atoms with Crippen molar-refractivity contribution in [2.45, 2.75) is 45.2 Å². The van der Waals surface area contributed by atoms with Gasteiger partial charge < -0.3 is 15.7 Å². The summed E-state index contributed by atoms with van der Waals surface area (Å²) in [6, 6.07) is -0.316. The Morgan fingerprint density at radius 3 is 2.86 bits per heavy atom. The second-order valence-electron chi connectivity index (χ2n) is 5.64. The van der Waals surface area contributed by atoms with Crippen LogP contribution in [0.5, 0.6) is 0 Å². The van der Waals surface area contributed by atoms with Crippen molar-refractivity contribution in [3.05, 3.63) is 17.5 Å². The van der Waals surface area contributed by atoms with Crippen LogP contribution < -0.4 is 10.6 Å². The van der Waals surface area contributed by atoms with E-state index in [0.717, 1.165) is 24.1 Å². The van der Waals surface area contributed by atoms with Crippen LogP contribution in [0.1, 0.15) is 36.9 Å². The number of aromatic nitrogens is 2. The SMILES string of the molecule is Cc1nn(C)cc1CNC(=O)NC1CCCC(C(=O)O)C1. The standard InChI is InChI=1S/C14H22N4O3/c1-9-11(8-18(2)17-9)7-15-14(21)16-12-5-3-4-10(6-12)13(19)20/h8,10,12H,3-7H2,1-2H3,(H,19,20)(H2,15,16,21). The molecule has 2 unspecified atom stereocenters. The largest absolute Gasteiger partial charge is 0.481 e. The van der Waals surface area contributed by atoms with E-state index in [4.69, 9.17) is 5.11 Å². The molecule has 0 saturated heterocycles. The summed E-state index contributed by atoms with van der Waals surface area (Å²) < 4.78 is 1.71. The molecule has 1 aromatic heterocycles. The quantitative estimate of drug-likeness (QED) is 0.776. The van der Waals surface area contributed by atoms with Crippen molar-refractivity contribution in [3.8, 4) is 0 Å². The van der Waals surface area contributed by atoms with Gasteiger partial charge in [-0.25, -0.2) is 4.79 Å². The molecular weight excluding hydrogens is 272 g/mol. The molecule has 2 atom stereocenters. The van der Waals surface area contributed by atoms with Gasteiger partial charge in [0.25, 0.3) is 0 Å². The highest BCUT2D eigenvalue weighted by Gasteiger charge is 2.27. The summed E-state index contributed by atoms with van der Waals surface area (Å²) in [5.74, 6) is -1.11. The summed E-state index contributed by atoms with van der Waals surface area (Å²) >= 11 is 0. The van der Waals surface area contributed by atoms with E-state index in [1.54, 1.807) is 4.68 Å². The maximum atomic E-state index is 11.9. The Hall–Kier alpha value is -2.05. The van der Waals surface area contributed by atoms with E-state index in [0.29, 0.717) is 19.4 Å². The van der Waals surface area contributed by atoms with Crippen molar-refractivity contribution >= 4 is 12.0 Å². The average Bonchev–Trinajstić information content (AvgIpc) is 2.75. The van der Waals surface area contributed by atoms with Crippen LogP contribution in [0.3, 0.4) is 0 Å². The smallest absolute Gasteiger partial charge is 0.315 e. The zero-order chi connectivity index (χ0) is 15.4. The van der Waals surface area contributed by atoms with E-state index in [1.807, 2.05) is 20.2 Å². The van der Waals surface area contributed by atoms with Gasteiger partial charge in [-0.3, -0.25) is 9.48 Å². The minimum absolute atomic E-state index is 0.0603. The zero-order valence-corrected chi connectivity index (χ0v) is 12.4. The maximum Gasteiger partial charge on any atom is 0.315 e. The summed E-state index contributed by atoms with van der Waals surface area (Å²) in [5, 5.41) is 18.9. The van der Waals surface area contributed by atoms with E-state index >= 15 is 0 Å². The number of aliphatic carboxylic acids is 1. The average molecular weight is 294 g/mol. The van der Waals surface area contributed by atoms with Crippen LogP contribution in [0.2, 0.25) is 0 Å². The van der Waals surface area contributed by atoms with Crippen molar-refractivity contribution in [3.63, 3.8) is 0 Å². The van der Waals surface area contributed by atoms with Gasteiger partial charge in [-0.2, -0.15) is 5.10 Å². The summed E-state index contributed by atoms with van der Waals surface area (Å²) in [6.45, 7) is 2.31. The first-order valence-electron chi connectivity index (χ1n) is 7.22. The molecule has 0 bridgehead atoms. The minimum Gasteiger partial charge on any atom is -0.481 e. The molecule has 7 nitrogen and oxygen atoms in total. The summed E-state index contributed by atoms with van der Waals surface area (Å²) in [5.41, 5.74) is 1.86. The van der Waals surface area contributed by atoms with Crippen molar-refractivity contribution in [1.29, 1.82) is 0 Å². The summed E-state index contributed by atoms with van der Waals surface area (Å²) in [4.78, 5) is 22.9. The van der Waals surface area contributed by atoms with Crippen molar-refractivity contribution in [2.24, 2.45) is 13.0 Å². The highest BCUT2D eigenvalue weighted by molar-refractivity contribution is 5.74. The lowest BCUT2D eigenvalue weighted by Crippen LogP contribution is -2.44. The molecular formula is C14H22N4O3. The molecule has 0 spiro atoms. The first-order valence-corrected chi connectivity index (χ1v) is 7.22. The van der Waals surface area contributed by atoms with Crippen LogP contribution in [0.4, 0.5) is 4.79 Å². The lowest BCUT2D eigenvalue weighted by molar-refractivity contribution is -0.143. The molecule has 1 saturated carbocycles. The van der Waals surface area contributed by atoms with E-state index in [-0.39, 0.29) is 18.0 Å². The molecule has 0 aromatic carbocycles. The lowest BCUT2D eigenvalue weighted by Gasteiger charge is -2.27. The normalized spacial score (nSPS) is 21.8. The number of nitrogens with zero attached hydrogens (tertiary/aromatic N) is 2. The first kappa shape index (κ1) is 15.3. The van der Waals surface area contributed by atoms with Gasteiger partial charge in [-0.15, -0.1) is 0 Å². The van der Waals surface area contributed by atoms with Crippen LogP contribution in [-0.4, -0.2) is 32.9 Å². The number of carbonyl (C=O) groups excluding carboxylic acids is 1. The third-order valence-corrected chi connectivity index (χ3v) is 3.91. The summed E-state index contributed by atoms with van der Waals surface area (Å²) in [7, 11) is 1.84. The second kappa shape index (κ2) is 6.60. The number of carboxylic acid groups (broad SMARTS) is 1. The van der Waals surface area contributed by atoms with Gasteiger partial charge >= 0.3 is 12.0 Å². The molecule has 3 N–H and O–H groups in total. The summed E-state index contributed by atoms with van der Waals surface area (Å²) in [6.07, 6.45) is 4.75. The van der Waals surface area contributed by atoms with Gasteiger partial charge in [0.05, 0.1) is 11.6 Å². The Balaban J connectivity index is 1.79. The Morgan fingerprint density at radius 2 is 2.24 bits per heavy atom. The lowest BCUT2D eigenvalue weighted by atomic mass is 9.86. The molecule has 2 rings (SSSR count). The van der Waals surface area contributed by atoms with E-state index < -0.39 is 5.97 Å². The van der Waals surface area contributed by atoms with Gasteiger partial charge in [0, 0.05) is 31.4 Å². The van der Waals surface area contributed by atoms with Crippen molar-refractivity contribution < 1.29 is 14.7 Å². The predicted octanol–water partition coefficient (Wildman–Crippen LogP) is 1.17. The van der Waals surface area contributed by atoms with Crippen LogP contribution >= 0.6 is 0 Å². The maximum absolute atomic E-state index is 11.9. The fourth-order valence-electron chi connectivity index (χ4n) is 2.78. The van der Waals surface area contributed by atoms with Gasteiger partial charge in [0.1, 0.15) is 0 Å². The number of hydrogen-bond donors (Lipinski definition) is 3. The fourth-order valence-corrected chi connectivity index (χ4v) is 2.78. The molecule has 7 heteroatoms. The number of hydrogen-bond acceptors (Lipinski definition) is 3. The highest BCUT2D eigenvalue weighted by Crippen LogP contribution is 2.24.